The summed E-state index contributed by atoms with van der Waals surface area (Å²) in [5.41, 5.74) is 2.79. The van der Waals surface area contributed by atoms with Crippen molar-refractivity contribution in [2.24, 2.45) is 5.92 Å². The van der Waals surface area contributed by atoms with Gasteiger partial charge in [0, 0.05) is 46.5 Å². The fraction of sp³-hybridized carbons (Fsp3) is 0.440. The van der Waals surface area contributed by atoms with Gasteiger partial charge in [-0.2, -0.15) is 0 Å². The summed E-state index contributed by atoms with van der Waals surface area (Å²) in [5, 5.41) is 0. The van der Waals surface area contributed by atoms with Gasteiger partial charge in [-0.1, -0.05) is 42.5 Å². The maximum atomic E-state index is 12.7. The Morgan fingerprint density at radius 2 is 1.56 bits per heavy atom. The summed E-state index contributed by atoms with van der Waals surface area (Å²) < 4.78 is 32.1. The number of sulfonamides is 1. The van der Waals surface area contributed by atoms with Gasteiger partial charge in [-0.3, -0.25) is 9.59 Å². The van der Waals surface area contributed by atoms with E-state index < -0.39 is 21.9 Å². The Hall–Kier alpha value is -2.91. The topological polar surface area (TPSA) is 87.2 Å². The molecule has 0 radical (unpaired) electrons. The predicted octanol–water partition coefficient (Wildman–Crippen LogP) is 2.50. The maximum Gasteiger partial charge on any atom is 0.309 e. The first-order valence-corrected chi connectivity index (χ1v) is 13.0. The number of benzene rings is 2. The highest BCUT2D eigenvalue weighted by atomic mass is 32.2. The highest BCUT2D eigenvalue weighted by Crippen LogP contribution is 2.23. The minimum Gasteiger partial charge on any atom is -0.455 e. The SMILES string of the molecule is CN(Cc1ccc(N(C)C)cc1)C(=O)COC(=O)C1CCN(S(=O)(=O)Cc2ccccc2)CC1. The van der Waals surface area contributed by atoms with Crippen LogP contribution in [0.15, 0.2) is 54.6 Å². The Morgan fingerprint density at radius 1 is 0.941 bits per heavy atom. The van der Waals surface area contributed by atoms with Crippen LogP contribution in [-0.4, -0.2) is 70.3 Å². The Morgan fingerprint density at radius 3 is 2.15 bits per heavy atom. The van der Waals surface area contributed by atoms with Crippen LogP contribution in [0.5, 0.6) is 0 Å². The van der Waals surface area contributed by atoms with Crippen LogP contribution in [0.25, 0.3) is 0 Å². The summed E-state index contributed by atoms with van der Waals surface area (Å²) in [5.74, 6) is -1.19. The molecule has 1 fully saturated rings. The van der Waals surface area contributed by atoms with Gasteiger partial charge in [0.1, 0.15) is 0 Å². The van der Waals surface area contributed by atoms with Gasteiger partial charge in [-0.05, 0) is 36.1 Å². The van der Waals surface area contributed by atoms with E-state index in [0.29, 0.717) is 19.4 Å². The first-order chi connectivity index (χ1) is 16.2. The van der Waals surface area contributed by atoms with E-state index in [-0.39, 0.29) is 31.4 Å². The molecule has 0 N–H and O–H groups in total. The van der Waals surface area contributed by atoms with Crippen LogP contribution in [0.2, 0.25) is 0 Å². The van der Waals surface area contributed by atoms with Crippen LogP contribution in [0.4, 0.5) is 5.69 Å². The number of hydrogen-bond donors (Lipinski definition) is 0. The van der Waals surface area contributed by atoms with E-state index in [4.69, 9.17) is 4.74 Å². The summed E-state index contributed by atoms with van der Waals surface area (Å²) in [6, 6.07) is 16.9. The lowest BCUT2D eigenvalue weighted by atomic mass is 9.98. The van der Waals surface area contributed by atoms with Crippen molar-refractivity contribution in [3.05, 3.63) is 65.7 Å². The molecule has 0 atom stereocenters. The van der Waals surface area contributed by atoms with Gasteiger partial charge >= 0.3 is 5.97 Å². The minimum absolute atomic E-state index is 0.0539. The first kappa shape index (κ1) is 25.7. The Bertz CT molecular complexity index is 1060. The van der Waals surface area contributed by atoms with Crippen LogP contribution < -0.4 is 4.90 Å². The number of carbonyl (C=O) groups is 2. The predicted molar refractivity (Wildman–Crippen MR) is 132 cm³/mol. The zero-order valence-electron chi connectivity index (χ0n) is 20.0. The van der Waals surface area contributed by atoms with Gasteiger partial charge in [0.2, 0.25) is 10.0 Å². The molecule has 34 heavy (non-hydrogen) atoms. The van der Waals surface area contributed by atoms with Crippen molar-refractivity contribution in [3.8, 4) is 0 Å². The summed E-state index contributed by atoms with van der Waals surface area (Å²) in [4.78, 5) is 28.4. The van der Waals surface area contributed by atoms with E-state index >= 15 is 0 Å². The number of esters is 1. The van der Waals surface area contributed by atoms with E-state index in [0.717, 1.165) is 16.8 Å². The van der Waals surface area contributed by atoms with Gasteiger partial charge in [-0.15, -0.1) is 0 Å². The third-order valence-corrected chi connectivity index (χ3v) is 7.86. The molecule has 1 heterocycles. The average molecular weight is 488 g/mol. The summed E-state index contributed by atoms with van der Waals surface area (Å²) in [6.45, 7) is 0.636. The summed E-state index contributed by atoms with van der Waals surface area (Å²) in [7, 11) is 2.16. The molecule has 0 unspecified atom stereocenters. The molecule has 1 amide bonds. The lowest BCUT2D eigenvalue weighted by Gasteiger charge is -2.30. The second-order valence-electron chi connectivity index (χ2n) is 8.83. The number of amides is 1. The van der Waals surface area contributed by atoms with Gasteiger partial charge in [-0.25, -0.2) is 12.7 Å². The average Bonchev–Trinajstić information content (AvgIpc) is 2.83. The van der Waals surface area contributed by atoms with E-state index in [2.05, 4.69) is 0 Å². The van der Waals surface area contributed by atoms with Crippen molar-refractivity contribution in [2.75, 3.05) is 45.7 Å². The second kappa shape index (κ2) is 11.5. The van der Waals surface area contributed by atoms with Crippen molar-refractivity contribution >= 4 is 27.6 Å². The number of nitrogens with zero attached hydrogens (tertiary/aromatic N) is 3. The lowest BCUT2D eigenvalue weighted by Crippen LogP contribution is -2.41. The fourth-order valence-corrected chi connectivity index (χ4v) is 5.43. The zero-order valence-corrected chi connectivity index (χ0v) is 20.8. The Kier molecular flexibility index (Phi) is 8.68. The van der Waals surface area contributed by atoms with Gasteiger partial charge in [0.15, 0.2) is 6.61 Å². The molecule has 1 aliphatic rings. The van der Waals surface area contributed by atoms with Crippen LogP contribution >= 0.6 is 0 Å². The molecule has 0 aliphatic carbocycles. The number of ether oxygens (including phenoxy) is 1. The molecule has 3 rings (SSSR count). The van der Waals surface area contributed by atoms with Crippen LogP contribution in [0.1, 0.15) is 24.0 Å². The highest BCUT2D eigenvalue weighted by Gasteiger charge is 2.32. The highest BCUT2D eigenvalue weighted by molar-refractivity contribution is 7.88. The third kappa shape index (κ3) is 7.04. The van der Waals surface area contributed by atoms with E-state index in [1.165, 1.54) is 9.21 Å². The molecule has 1 saturated heterocycles. The minimum atomic E-state index is -3.44. The Balaban J connectivity index is 1.42. The van der Waals surface area contributed by atoms with Crippen molar-refractivity contribution in [1.82, 2.24) is 9.21 Å². The van der Waals surface area contributed by atoms with Gasteiger partial charge in [0.25, 0.3) is 5.91 Å². The largest absolute Gasteiger partial charge is 0.455 e. The molecule has 0 bridgehead atoms. The van der Waals surface area contributed by atoms with Crippen molar-refractivity contribution < 1.29 is 22.7 Å². The number of piperidine rings is 1. The van der Waals surface area contributed by atoms with Crippen molar-refractivity contribution in [1.29, 1.82) is 0 Å². The molecule has 2 aromatic rings. The molecule has 0 spiro atoms. The molecule has 8 nitrogen and oxygen atoms in total. The van der Waals surface area contributed by atoms with Crippen LogP contribution in [0.3, 0.4) is 0 Å². The lowest BCUT2D eigenvalue weighted by molar-refractivity contribution is -0.156. The van der Waals surface area contributed by atoms with Gasteiger partial charge < -0.3 is 14.5 Å². The fourth-order valence-electron chi connectivity index (χ4n) is 3.87. The molecule has 9 heteroatoms. The molecular formula is C25H33N3O5S. The quantitative estimate of drug-likeness (QED) is 0.505. The Labute approximate surface area is 202 Å². The molecular weight excluding hydrogens is 454 g/mol. The smallest absolute Gasteiger partial charge is 0.309 e. The van der Waals surface area contributed by atoms with Gasteiger partial charge in [0.05, 0.1) is 11.7 Å². The number of carbonyl (C=O) groups excluding carboxylic acids is 2. The maximum absolute atomic E-state index is 12.7. The van der Waals surface area contributed by atoms with Crippen molar-refractivity contribution in [2.45, 2.75) is 25.1 Å². The normalized spacial score (nSPS) is 15.0. The monoisotopic (exact) mass is 487 g/mol. The van der Waals surface area contributed by atoms with Crippen LogP contribution in [0, 0.1) is 5.92 Å². The number of likely N-dealkylation sites (N-methyl/N-ethyl adjacent to an activating group) is 1. The molecule has 0 aromatic heterocycles. The molecule has 2 aromatic carbocycles. The van der Waals surface area contributed by atoms with E-state index in [9.17, 15) is 18.0 Å². The number of hydrogen-bond acceptors (Lipinski definition) is 6. The molecule has 184 valence electrons. The van der Waals surface area contributed by atoms with Crippen LogP contribution in [-0.2, 0) is 36.6 Å². The standard InChI is InChI=1S/C25H33N3O5S/c1-26(2)23-11-9-20(10-12-23)17-27(3)24(29)18-33-25(30)22-13-15-28(16-14-22)34(31,32)19-21-7-5-4-6-8-21/h4-12,22H,13-19H2,1-3H3. The second-order valence-corrected chi connectivity index (χ2v) is 10.8. The molecule has 0 saturated carbocycles. The van der Waals surface area contributed by atoms with E-state index in [1.807, 2.05) is 61.5 Å². The summed E-state index contributed by atoms with van der Waals surface area (Å²) >= 11 is 0. The first-order valence-electron chi connectivity index (χ1n) is 11.3. The zero-order chi connectivity index (χ0) is 24.7. The number of anilines is 1. The molecule has 1 aliphatic heterocycles. The third-order valence-electron chi connectivity index (χ3n) is 6.01. The summed E-state index contributed by atoms with van der Waals surface area (Å²) in [6.07, 6.45) is 0.768. The van der Waals surface area contributed by atoms with Crippen molar-refractivity contribution in [3.63, 3.8) is 0 Å². The number of rotatable bonds is 9. The van der Waals surface area contributed by atoms with E-state index in [1.54, 1.807) is 19.2 Å².